The molecule has 1 saturated heterocycles. The number of ether oxygens (including phenoxy) is 1. The molecule has 1 fully saturated rings. The summed E-state index contributed by atoms with van der Waals surface area (Å²) in [6.45, 7) is 9.24. The molecule has 5 rings (SSSR count). The van der Waals surface area contributed by atoms with Crippen molar-refractivity contribution >= 4 is 32.3 Å². The summed E-state index contributed by atoms with van der Waals surface area (Å²) < 4.78 is 8.55. The first-order valence-corrected chi connectivity index (χ1v) is 12.8. The summed E-state index contributed by atoms with van der Waals surface area (Å²) in [6, 6.07) is 14.8. The number of hydrogen-bond acceptors (Lipinski definition) is 5. The molecule has 0 N–H and O–H groups in total. The molecule has 0 bridgehead atoms. The maximum absolute atomic E-state index is 12.7. The van der Waals surface area contributed by atoms with Crippen molar-refractivity contribution in [2.45, 2.75) is 39.0 Å². The first-order chi connectivity index (χ1) is 16.2. The maximum Gasteiger partial charge on any atom is 0.195 e. The zero-order valence-electron chi connectivity index (χ0n) is 19.4. The molecule has 4 aromatic rings. The summed E-state index contributed by atoms with van der Waals surface area (Å²) in [5.74, 6) is 0.771. The number of imidazole rings is 1. The van der Waals surface area contributed by atoms with E-state index in [-0.39, 0.29) is 5.78 Å². The third kappa shape index (κ3) is 4.60. The van der Waals surface area contributed by atoms with Crippen LogP contribution in [-0.2, 0) is 4.74 Å². The Hall–Kier alpha value is -2.54. The molecule has 0 amide bonds. The van der Waals surface area contributed by atoms with Gasteiger partial charge in [-0.2, -0.15) is 0 Å². The number of ketones is 1. The quantitative estimate of drug-likeness (QED) is 0.214. The molecule has 0 spiro atoms. The number of rotatable bonds is 10. The van der Waals surface area contributed by atoms with Gasteiger partial charge in [-0.1, -0.05) is 49.4 Å². The molecule has 0 radical (unpaired) electrons. The highest BCUT2D eigenvalue weighted by atomic mass is 32.1. The molecule has 0 unspecified atom stereocenters. The van der Waals surface area contributed by atoms with Crippen LogP contribution in [0.3, 0.4) is 0 Å². The minimum absolute atomic E-state index is 0.236. The number of nitrogens with zero attached hydrogens (tertiary/aromatic N) is 3. The van der Waals surface area contributed by atoms with Crippen molar-refractivity contribution in [3.8, 4) is 11.3 Å². The van der Waals surface area contributed by atoms with Crippen LogP contribution in [0, 0.1) is 0 Å². The molecule has 3 heterocycles. The summed E-state index contributed by atoms with van der Waals surface area (Å²) in [5, 5.41) is 0. The third-order valence-electron chi connectivity index (χ3n) is 6.75. The largest absolute Gasteiger partial charge is 0.380 e. The number of fused-ring (bicyclic) bond motifs is 3. The predicted octanol–water partition coefficient (Wildman–Crippen LogP) is 6.02. The third-order valence-corrected chi connectivity index (χ3v) is 7.77. The first-order valence-electron chi connectivity index (χ1n) is 12.0. The monoisotopic (exact) mass is 461 g/mol. The molecule has 2 aromatic heterocycles. The number of Topliss-reactive ketones (excluding diaryl/α,β-unsaturated/α-hetero) is 1. The van der Waals surface area contributed by atoms with E-state index in [0.717, 1.165) is 77.7 Å². The van der Waals surface area contributed by atoms with E-state index in [1.165, 1.54) is 5.56 Å². The number of benzene rings is 2. The smallest absolute Gasteiger partial charge is 0.195 e. The van der Waals surface area contributed by atoms with E-state index in [1.54, 1.807) is 11.3 Å². The van der Waals surface area contributed by atoms with Crippen LogP contribution in [0.4, 0.5) is 0 Å². The number of aromatic nitrogens is 2. The second kappa shape index (κ2) is 9.75. The Bertz CT molecular complexity index is 1250. The standard InChI is InChI=1S/C27H31N3O2S/c1-3-29(4-2)14-6-5-7-25(31)21-12-13-24-26(15-21)33-27-28-23(16-30(24)27)20-10-8-19(9-11-20)22-17-32-18-22/h8-13,15-16,22H,3-7,14,17-18H2,1-2H3. The van der Waals surface area contributed by atoms with Crippen LogP contribution in [0.2, 0.25) is 0 Å². The van der Waals surface area contributed by atoms with Crippen LogP contribution in [0.15, 0.2) is 48.7 Å². The van der Waals surface area contributed by atoms with E-state index in [9.17, 15) is 4.79 Å². The van der Waals surface area contributed by atoms with Gasteiger partial charge in [0.25, 0.3) is 0 Å². The van der Waals surface area contributed by atoms with Gasteiger partial charge in [-0.15, -0.1) is 0 Å². The molecule has 6 heteroatoms. The van der Waals surface area contributed by atoms with Gasteiger partial charge in [-0.25, -0.2) is 4.98 Å². The number of unbranched alkanes of at least 4 members (excludes halogenated alkanes) is 1. The Morgan fingerprint density at radius 3 is 2.61 bits per heavy atom. The van der Waals surface area contributed by atoms with Crippen molar-refractivity contribution in [1.29, 1.82) is 0 Å². The van der Waals surface area contributed by atoms with Gasteiger partial charge in [0, 0.05) is 29.7 Å². The van der Waals surface area contributed by atoms with Gasteiger partial charge >= 0.3 is 0 Å². The van der Waals surface area contributed by atoms with E-state index in [4.69, 9.17) is 9.72 Å². The SMILES string of the molecule is CCN(CC)CCCCC(=O)c1ccc2c(c1)sc1nc(-c3ccc(C4COC4)cc3)cn12. The second-order valence-electron chi connectivity index (χ2n) is 8.83. The van der Waals surface area contributed by atoms with E-state index in [1.807, 2.05) is 12.1 Å². The minimum Gasteiger partial charge on any atom is -0.380 e. The minimum atomic E-state index is 0.236. The average molecular weight is 462 g/mol. The van der Waals surface area contributed by atoms with E-state index in [2.05, 4.69) is 59.7 Å². The van der Waals surface area contributed by atoms with Crippen LogP contribution >= 0.6 is 11.3 Å². The Balaban J connectivity index is 1.28. The highest BCUT2D eigenvalue weighted by Crippen LogP contribution is 2.31. The fourth-order valence-electron chi connectivity index (χ4n) is 4.47. The van der Waals surface area contributed by atoms with E-state index in [0.29, 0.717) is 12.3 Å². The van der Waals surface area contributed by atoms with Crippen LogP contribution in [0.25, 0.3) is 26.4 Å². The topological polar surface area (TPSA) is 46.8 Å². The Morgan fingerprint density at radius 2 is 1.91 bits per heavy atom. The van der Waals surface area contributed by atoms with Gasteiger partial charge in [-0.05, 0) is 56.2 Å². The van der Waals surface area contributed by atoms with Gasteiger partial charge < -0.3 is 9.64 Å². The van der Waals surface area contributed by atoms with Crippen LogP contribution < -0.4 is 0 Å². The zero-order valence-corrected chi connectivity index (χ0v) is 20.2. The molecule has 1 aliphatic heterocycles. The van der Waals surface area contributed by atoms with Crippen LogP contribution in [0.5, 0.6) is 0 Å². The van der Waals surface area contributed by atoms with Crippen molar-refractivity contribution in [3.05, 3.63) is 59.8 Å². The highest BCUT2D eigenvalue weighted by molar-refractivity contribution is 7.23. The molecule has 0 atom stereocenters. The molecule has 0 aliphatic carbocycles. The lowest BCUT2D eigenvalue weighted by atomic mass is 9.96. The summed E-state index contributed by atoms with van der Waals surface area (Å²) in [5.41, 5.74) is 5.36. The van der Waals surface area contributed by atoms with Crippen molar-refractivity contribution in [2.75, 3.05) is 32.8 Å². The molecule has 2 aromatic carbocycles. The zero-order chi connectivity index (χ0) is 22.8. The fourth-order valence-corrected chi connectivity index (χ4v) is 5.52. The Morgan fingerprint density at radius 1 is 1.12 bits per heavy atom. The lowest BCUT2D eigenvalue weighted by Crippen LogP contribution is -2.24. The van der Waals surface area contributed by atoms with Crippen LogP contribution in [0.1, 0.15) is 54.9 Å². The number of carbonyl (C=O) groups excluding carboxylic acids is 1. The van der Waals surface area contributed by atoms with Crippen molar-refractivity contribution in [1.82, 2.24) is 14.3 Å². The molecule has 1 aliphatic rings. The lowest BCUT2D eigenvalue weighted by Gasteiger charge is -2.26. The number of hydrogen-bond donors (Lipinski definition) is 0. The summed E-state index contributed by atoms with van der Waals surface area (Å²) >= 11 is 1.64. The summed E-state index contributed by atoms with van der Waals surface area (Å²) in [7, 11) is 0. The molecular weight excluding hydrogens is 430 g/mol. The van der Waals surface area contributed by atoms with Crippen molar-refractivity contribution in [3.63, 3.8) is 0 Å². The molecular formula is C27H31N3O2S. The average Bonchev–Trinajstić information content (AvgIpc) is 3.36. The summed E-state index contributed by atoms with van der Waals surface area (Å²) in [6.07, 6.45) is 4.73. The van der Waals surface area contributed by atoms with Gasteiger partial charge in [0.05, 0.1) is 29.1 Å². The second-order valence-corrected chi connectivity index (χ2v) is 9.84. The molecule has 33 heavy (non-hydrogen) atoms. The van der Waals surface area contributed by atoms with Crippen LogP contribution in [-0.4, -0.2) is 52.9 Å². The normalized spacial score (nSPS) is 14.4. The number of carbonyl (C=O) groups is 1. The Labute approximate surface area is 199 Å². The molecule has 0 saturated carbocycles. The van der Waals surface area contributed by atoms with Gasteiger partial charge in [-0.3, -0.25) is 9.20 Å². The van der Waals surface area contributed by atoms with Crippen molar-refractivity contribution < 1.29 is 9.53 Å². The molecule has 5 nitrogen and oxygen atoms in total. The summed E-state index contributed by atoms with van der Waals surface area (Å²) in [4.78, 5) is 21.0. The fraction of sp³-hybridized carbons (Fsp3) is 0.407. The first kappa shape index (κ1) is 22.3. The maximum atomic E-state index is 12.7. The van der Waals surface area contributed by atoms with Gasteiger partial charge in [0.1, 0.15) is 0 Å². The Kier molecular flexibility index (Phi) is 6.58. The lowest BCUT2D eigenvalue weighted by molar-refractivity contribution is 0.00843. The highest BCUT2D eigenvalue weighted by Gasteiger charge is 2.20. The molecule has 172 valence electrons. The van der Waals surface area contributed by atoms with Crippen molar-refractivity contribution in [2.24, 2.45) is 0 Å². The number of thiazole rings is 1. The van der Waals surface area contributed by atoms with E-state index >= 15 is 0 Å². The van der Waals surface area contributed by atoms with Gasteiger partial charge in [0.15, 0.2) is 10.7 Å². The van der Waals surface area contributed by atoms with E-state index < -0.39 is 0 Å². The predicted molar refractivity (Wildman–Crippen MR) is 136 cm³/mol. The van der Waals surface area contributed by atoms with Gasteiger partial charge in [0.2, 0.25) is 0 Å².